The van der Waals surface area contributed by atoms with Gasteiger partial charge in [0.15, 0.2) is 0 Å². The summed E-state index contributed by atoms with van der Waals surface area (Å²) >= 11 is 0. The molecule has 0 fully saturated rings. The van der Waals surface area contributed by atoms with Crippen LogP contribution in [0.25, 0.3) is 0 Å². The van der Waals surface area contributed by atoms with Gasteiger partial charge in [-0.05, 0) is 12.8 Å². The van der Waals surface area contributed by atoms with E-state index in [4.69, 9.17) is 26.6 Å². The quantitative estimate of drug-likeness (QED) is 0.353. The third kappa shape index (κ3) is 6.01. The number of rotatable bonds is 14. The van der Waals surface area contributed by atoms with Gasteiger partial charge >= 0.3 is 17.6 Å². The highest BCUT2D eigenvalue weighted by Gasteiger charge is 2.49. The monoisotopic (exact) mass is 354 g/mol. The van der Waals surface area contributed by atoms with Crippen LogP contribution < -0.4 is 0 Å². The largest absolute Gasteiger partial charge is 0.503 e. The minimum Gasteiger partial charge on any atom is -0.377 e. The smallest absolute Gasteiger partial charge is 0.377 e. The Kier molecular flexibility index (Phi) is 11.8. The van der Waals surface area contributed by atoms with Gasteiger partial charge in [0.1, 0.15) is 0 Å². The summed E-state index contributed by atoms with van der Waals surface area (Å²) in [6, 6.07) is 0.720. The molecule has 0 rings (SSSR count). The average molecular weight is 355 g/mol. The molecule has 0 radical (unpaired) electrons. The third-order valence-electron chi connectivity index (χ3n) is 4.24. The molecule has 22 heavy (non-hydrogen) atoms. The van der Waals surface area contributed by atoms with E-state index in [0.29, 0.717) is 0 Å². The molecule has 6 nitrogen and oxygen atoms in total. The number of hydrogen-bond donors (Lipinski definition) is 0. The molecule has 0 saturated heterocycles. The van der Waals surface area contributed by atoms with E-state index in [1.54, 1.807) is 42.7 Å². The first-order valence-corrected chi connectivity index (χ1v) is 11.6. The van der Waals surface area contributed by atoms with Gasteiger partial charge < -0.3 is 26.6 Å². The molecule has 0 aliphatic rings. The number of unbranched alkanes of at least 4 members (excludes halogenated alkanes) is 2. The summed E-state index contributed by atoms with van der Waals surface area (Å²) in [4.78, 5) is 0. The van der Waals surface area contributed by atoms with Crippen LogP contribution in [-0.2, 0) is 26.6 Å². The van der Waals surface area contributed by atoms with Crippen molar-refractivity contribution < 1.29 is 26.6 Å². The molecule has 0 saturated carbocycles. The number of hydrogen-bond acceptors (Lipinski definition) is 6. The summed E-state index contributed by atoms with van der Waals surface area (Å²) in [7, 11) is 4.64. The summed E-state index contributed by atoms with van der Waals surface area (Å²) in [5.74, 6) is 0. The van der Waals surface area contributed by atoms with E-state index >= 15 is 0 Å². The van der Waals surface area contributed by atoms with Crippen molar-refractivity contribution >= 4 is 17.6 Å². The lowest BCUT2D eigenvalue weighted by atomic mass is 10.1. The summed E-state index contributed by atoms with van der Waals surface area (Å²) < 4.78 is 33.6. The maximum absolute atomic E-state index is 5.68. The standard InChI is InChI=1S/C14H34O6Si2/c1-8-9-10-11-14(22(18-5,19-6)20-7)12-13-21(15-2,16-3)17-4/h14H,8-13H2,1-7H3. The lowest BCUT2D eigenvalue weighted by Crippen LogP contribution is -2.49. The van der Waals surface area contributed by atoms with E-state index in [-0.39, 0.29) is 5.54 Å². The molecule has 0 aromatic rings. The lowest BCUT2D eigenvalue weighted by molar-refractivity contribution is 0.103. The van der Waals surface area contributed by atoms with Gasteiger partial charge in [0.05, 0.1) is 0 Å². The maximum atomic E-state index is 5.68. The van der Waals surface area contributed by atoms with Crippen molar-refractivity contribution in [1.29, 1.82) is 0 Å². The van der Waals surface area contributed by atoms with Crippen molar-refractivity contribution in [1.82, 2.24) is 0 Å². The van der Waals surface area contributed by atoms with Crippen LogP contribution in [-0.4, -0.2) is 60.3 Å². The Balaban J connectivity index is 4.99. The van der Waals surface area contributed by atoms with Gasteiger partial charge in [-0.3, -0.25) is 0 Å². The first-order chi connectivity index (χ1) is 10.5. The molecule has 1 atom stereocenters. The van der Waals surface area contributed by atoms with Gasteiger partial charge in [-0.25, -0.2) is 0 Å². The Labute approximate surface area is 138 Å². The lowest BCUT2D eigenvalue weighted by Gasteiger charge is -2.34. The first-order valence-electron chi connectivity index (χ1n) is 7.84. The third-order valence-corrected chi connectivity index (χ3v) is 10.3. The predicted octanol–water partition coefficient (Wildman–Crippen LogP) is 3.08. The zero-order valence-electron chi connectivity index (χ0n) is 15.3. The maximum Gasteiger partial charge on any atom is 0.503 e. The first kappa shape index (κ1) is 22.2. The fourth-order valence-corrected chi connectivity index (χ4v) is 7.45. The molecule has 0 aromatic carbocycles. The Morgan fingerprint density at radius 1 is 0.682 bits per heavy atom. The predicted molar refractivity (Wildman–Crippen MR) is 90.9 cm³/mol. The average Bonchev–Trinajstić information content (AvgIpc) is 2.58. The van der Waals surface area contributed by atoms with Crippen LogP contribution in [0.5, 0.6) is 0 Å². The SMILES string of the molecule is CCCCCC(CC[Si](OC)(OC)OC)[Si](OC)(OC)OC. The normalized spacial score (nSPS) is 14.3. The fraction of sp³-hybridized carbons (Fsp3) is 1.00. The summed E-state index contributed by atoms with van der Waals surface area (Å²) in [6.07, 6.45) is 5.36. The van der Waals surface area contributed by atoms with Crippen molar-refractivity contribution in [3.8, 4) is 0 Å². The van der Waals surface area contributed by atoms with Gasteiger partial charge in [-0.1, -0.05) is 26.2 Å². The molecule has 0 aliphatic heterocycles. The molecule has 0 bridgehead atoms. The van der Waals surface area contributed by atoms with Crippen LogP contribution in [0.3, 0.4) is 0 Å². The Bertz CT molecular complexity index is 256. The molecular weight excluding hydrogens is 320 g/mol. The molecule has 134 valence electrons. The molecule has 0 aliphatic carbocycles. The van der Waals surface area contributed by atoms with Gasteiger partial charge in [0, 0.05) is 54.2 Å². The second-order valence-corrected chi connectivity index (χ2v) is 11.6. The highest BCUT2D eigenvalue weighted by Crippen LogP contribution is 2.36. The van der Waals surface area contributed by atoms with Crippen molar-refractivity contribution in [3.63, 3.8) is 0 Å². The zero-order chi connectivity index (χ0) is 17.1. The molecule has 0 aromatic heterocycles. The van der Waals surface area contributed by atoms with E-state index < -0.39 is 17.6 Å². The second kappa shape index (κ2) is 11.7. The topological polar surface area (TPSA) is 55.4 Å². The second-order valence-electron chi connectivity index (χ2n) is 5.24. The van der Waals surface area contributed by atoms with E-state index in [1.165, 1.54) is 12.8 Å². The molecule has 8 heteroatoms. The minimum atomic E-state index is -2.68. The van der Waals surface area contributed by atoms with Crippen molar-refractivity contribution in [2.24, 2.45) is 0 Å². The Hall–Kier alpha value is 0.194. The van der Waals surface area contributed by atoms with Crippen molar-refractivity contribution in [2.45, 2.75) is 50.6 Å². The molecule has 0 N–H and O–H groups in total. The Morgan fingerprint density at radius 3 is 1.55 bits per heavy atom. The molecule has 0 amide bonds. The molecule has 0 spiro atoms. The van der Waals surface area contributed by atoms with Gasteiger partial charge in [-0.15, -0.1) is 0 Å². The van der Waals surface area contributed by atoms with Crippen LogP contribution >= 0.6 is 0 Å². The highest BCUT2D eigenvalue weighted by atomic mass is 28.4. The molecule has 1 unspecified atom stereocenters. The summed E-state index contributed by atoms with van der Waals surface area (Å²) in [6.45, 7) is 2.20. The van der Waals surface area contributed by atoms with Gasteiger partial charge in [-0.2, -0.15) is 0 Å². The van der Waals surface area contributed by atoms with E-state index in [1.807, 2.05) is 0 Å². The summed E-state index contributed by atoms with van der Waals surface area (Å²) in [5, 5.41) is 0. The van der Waals surface area contributed by atoms with Gasteiger partial charge in [0.2, 0.25) is 0 Å². The van der Waals surface area contributed by atoms with Crippen LogP contribution in [0.2, 0.25) is 11.6 Å². The van der Waals surface area contributed by atoms with E-state index in [0.717, 1.165) is 25.3 Å². The molecule has 0 heterocycles. The summed E-state index contributed by atoms with van der Waals surface area (Å²) in [5.41, 5.74) is 0.214. The molecular formula is C14H34O6Si2. The van der Waals surface area contributed by atoms with Gasteiger partial charge in [0.25, 0.3) is 0 Å². The van der Waals surface area contributed by atoms with Crippen LogP contribution in [0.1, 0.15) is 39.0 Å². The van der Waals surface area contributed by atoms with Crippen LogP contribution in [0.4, 0.5) is 0 Å². The van der Waals surface area contributed by atoms with Crippen LogP contribution in [0, 0.1) is 0 Å². The Morgan fingerprint density at radius 2 is 1.18 bits per heavy atom. The van der Waals surface area contributed by atoms with E-state index in [9.17, 15) is 0 Å². The van der Waals surface area contributed by atoms with Crippen LogP contribution in [0.15, 0.2) is 0 Å². The van der Waals surface area contributed by atoms with Crippen molar-refractivity contribution in [3.05, 3.63) is 0 Å². The minimum absolute atomic E-state index is 0.214. The highest BCUT2D eigenvalue weighted by molar-refractivity contribution is 6.63. The zero-order valence-corrected chi connectivity index (χ0v) is 17.3. The van der Waals surface area contributed by atoms with E-state index in [2.05, 4.69) is 6.92 Å². The van der Waals surface area contributed by atoms with Crippen molar-refractivity contribution in [2.75, 3.05) is 42.7 Å². The fourth-order valence-electron chi connectivity index (χ4n) is 2.80.